The van der Waals surface area contributed by atoms with E-state index in [1.54, 1.807) is 32.0 Å². The number of pyridine rings is 2. The molecule has 3 heterocycles. The molecular formula is C37H44F2N4O3S. The second kappa shape index (κ2) is 14.6. The molecule has 5 rings (SSSR count). The largest absolute Gasteiger partial charge is 0.494 e. The Kier molecular flexibility index (Phi) is 10.7. The normalized spacial score (nSPS) is 15.7. The highest BCUT2D eigenvalue weighted by molar-refractivity contribution is 8.00. The average Bonchev–Trinajstić information content (AvgIpc) is 3.02. The first-order valence-corrected chi connectivity index (χ1v) is 16.8. The van der Waals surface area contributed by atoms with Crippen molar-refractivity contribution in [2.45, 2.75) is 64.0 Å². The number of aliphatic hydroxyl groups is 1. The van der Waals surface area contributed by atoms with Crippen LogP contribution in [0, 0.1) is 5.41 Å². The van der Waals surface area contributed by atoms with Gasteiger partial charge in [-0.25, -0.2) is 9.97 Å². The SMILES string of the molecule is CC(C)(C)CCOc1cccc(-c2ccc3nc2-c2ccccc2C(F)(F)COCCCN(CC(C)(C)O)c2cccc(n2)SN3)c1. The van der Waals surface area contributed by atoms with Gasteiger partial charge in [0.2, 0.25) is 0 Å². The maximum absolute atomic E-state index is 16.0. The molecule has 0 saturated carbocycles. The van der Waals surface area contributed by atoms with Crippen LogP contribution in [0.4, 0.5) is 20.4 Å². The summed E-state index contributed by atoms with van der Waals surface area (Å²) in [7, 11) is 0. The van der Waals surface area contributed by atoms with Gasteiger partial charge < -0.3 is 24.2 Å². The van der Waals surface area contributed by atoms with Gasteiger partial charge in [-0.3, -0.25) is 0 Å². The van der Waals surface area contributed by atoms with Crippen LogP contribution in [0.1, 0.15) is 53.0 Å². The molecule has 2 aromatic heterocycles. The average molecular weight is 663 g/mol. The Labute approximate surface area is 280 Å². The van der Waals surface area contributed by atoms with Crippen LogP contribution in [-0.2, 0) is 10.7 Å². The first-order chi connectivity index (χ1) is 22.3. The lowest BCUT2D eigenvalue weighted by Gasteiger charge is -2.30. The molecule has 10 heteroatoms. The molecular weight excluding hydrogens is 618 g/mol. The molecule has 1 aliphatic rings. The number of nitrogens with zero attached hydrogens (tertiary/aromatic N) is 3. The van der Waals surface area contributed by atoms with E-state index >= 15 is 8.78 Å². The maximum Gasteiger partial charge on any atom is 0.296 e. The predicted octanol–water partition coefficient (Wildman–Crippen LogP) is 8.83. The minimum atomic E-state index is -3.28. The zero-order valence-corrected chi connectivity index (χ0v) is 28.5. The summed E-state index contributed by atoms with van der Waals surface area (Å²) in [5, 5.41) is 11.3. The fourth-order valence-corrected chi connectivity index (χ4v) is 5.92. The van der Waals surface area contributed by atoms with E-state index < -0.39 is 18.1 Å². The summed E-state index contributed by atoms with van der Waals surface area (Å²) in [4.78, 5) is 11.7. The van der Waals surface area contributed by atoms with Gasteiger partial charge in [0.05, 0.1) is 17.9 Å². The second-order valence-electron chi connectivity index (χ2n) is 13.7. The zero-order chi connectivity index (χ0) is 33.7. The number of benzene rings is 2. The second-order valence-corrected chi connectivity index (χ2v) is 14.5. The number of halogens is 2. The summed E-state index contributed by atoms with van der Waals surface area (Å²) in [5.41, 5.74) is 1.24. The number of β-amino-alcohol motifs (C(OH)–C–C–N with tert-alkyl or cyclic N) is 1. The Morgan fingerprint density at radius 1 is 0.957 bits per heavy atom. The highest BCUT2D eigenvalue weighted by atomic mass is 32.2. The van der Waals surface area contributed by atoms with Crippen molar-refractivity contribution in [3.8, 4) is 28.1 Å². The highest BCUT2D eigenvalue weighted by Crippen LogP contribution is 2.41. The molecule has 4 bridgehead atoms. The number of rotatable bonds is 6. The van der Waals surface area contributed by atoms with Crippen molar-refractivity contribution in [3.63, 3.8) is 0 Å². The van der Waals surface area contributed by atoms with Gasteiger partial charge in [0.1, 0.15) is 29.0 Å². The van der Waals surface area contributed by atoms with Crippen molar-refractivity contribution in [1.29, 1.82) is 0 Å². The number of hydrogen-bond donors (Lipinski definition) is 2. The van der Waals surface area contributed by atoms with Crippen molar-refractivity contribution in [2.24, 2.45) is 5.41 Å². The Bertz CT molecular complexity index is 1660. The fraction of sp³-hybridized carbons (Fsp3) is 0.405. The first kappa shape index (κ1) is 34.6. The van der Waals surface area contributed by atoms with Crippen LogP contribution < -0.4 is 14.4 Å². The quantitative estimate of drug-likeness (QED) is 0.198. The lowest BCUT2D eigenvalue weighted by atomic mass is 9.93. The van der Waals surface area contributed by atoms with Crippen molar-refractivity contribution >= 4 is 23.6 Å². The van der Waals surface area contributed by atoms with E-state index in [2.05, 4.69) is 25.5 Å². The summed E-state index contributed by atoms with van der Waals surface area (Å²) in [5.74, 6) is -1.40. The van der Waals surface area contributed by atoms with Crippen LogP contribution in [0.2, 0.25) is 0 Å². The topological polar surface area (TPSA) is 79.7 Å². The van der Waals surface area contributed by atoms with E-state index in [0.717, 1.165) is 12.0 Å². The zero-order valence-electron chi connectivity index (χ0n) is 27.7. The number of anilines is 2. The van der Waals surface area contributed by atoms with Gasteiger partial charge in [0.15, 0.2) is 0 Å². The molecule has 0 aliphatic carbocycles. The van der Waals surface area contributed by atoms with Crippen molar-refractivity contribution in [3.05, 3.63) is 84.4 Å². The molecule has 2 aromatic carbocycles. The third-order valence-corrected chi connectivity index (χ3v) is 8.36. The molecule has 0 saturated heterocycles. The number of ether oxygens (including phenoxy) is 2. The van der Waals surface area contributed by atoms with Gasteiger partial charge in [-0.2, -0.15) is 8.78 Å². The predicted molar refractivity (Wildman–Crippen MR) is 186 cm³/mol. The standard InChI is InChI=1S/C37H44F2N4O3S/c1-35(2,3)19-22-46-27-12-8-11-26(23-27)28-17-18-31-40-34(28)29-13-6-7-14-30(29)37(38,39)25-45-21-10-20-43(24-36(4,5)44)32-15-9-16-33(41-32)47-42-31/h6-9,11-18,23,44H,10,19-22,24-25H2,1-5H3,(H,40,42). The van der Waals surface area contributed by atoms with Crippen LogP contribution in [0.5, 0.6) is 5.75 Å². The first-order valence-electron chi connectivity index (χ1n) is 15.9. The number of nitrogens with one attached hydrogen (secondary N) is 1. The van der Waals surface area contributed by atoms with Crippen molar-refractivity contribution in [1.82, 2.24) is 9.97 Å². The van der Waals surface area contributed by atoms with Crippen molar-refractivity contribution < 1.29 is 23.4 Å². The minimum Gasteiger partial charge on any atom is -0.494 e. The number of alkyl halides is 2. The van der Waals surface area contributed by atoms with Crippen LogP contribution in [0.3, 0.4) is 0 Å². The van der Waals surface area contributed by atoms with E-state index in [-0.39, 0.29) is 17.6 Å². The molecule has 2 N–H and O–H groups in total. The third-order valence-electron chi connectivity index (χ3n) is 7.61. The lowest BCUT2D eigenvalue weighted by molar-refractivity contribution is -0.0823. The summed E-state index contributed by atoms with van der Waals surface area (Å²) < 4.78 is 46.9. The molecule has 7 nitrogen and oxygen atoms in total. The van der Waals surface area contributed by atoms with Gasteiger partial charge in [-0.1, -0.05) is 63.2 Å². The van der Waals surface area contributed by atoms with E-state index in [4.69, 9.17) is 19.4 Å². The van der Waals surface area contributed by atoms with Gasteiger partial charge in [0, 0.05) is 48.3 Å². The van der Waals surface area contributed by atoms with E-state index in [0.29, 0.717) is 65.3 Å². The number of aromatic nitrogens is 2. The Morgan fingerprint density at radius 2 is 1.74 bits per heavy atom. The third kappa shape index (κ3) is 9.65. The highest BCUT2D eigenvalue weighted by Gasteiger charge is 2.35. The van der Waals surface area contributed by atoms with E-state index in [9.17, 15) is 5.11 Å². The molecule has 0 atom stereocenters. The fourth-order valence-electron chi connectivity index (χ4n) is 5.31. The summed E-state index contributed by atoms with van der Waals surface area (Å²) in [6.07, 6.45) is 1.37. The molecule has 47 heavy (non-hydrogen) atoms. The Balaban J connectivity index is 1.55. The molecule has 0 spiro atoms. The van der Waals surface area contributed by atoms with Crippen LogP contribution >= 0.6 is 11.9 Å². The number of fused-ring (bicyclic) bond motifs is 6. The van der Waals surface area contributed by atoms with Crippen molar-refractivity contribution in [2.75, 3.05) is 42.5 Å². The smallest absolute Gasteiger partial charge is 0.296 e. The monoisotopic (exact) mass is 662 g/mol. The van der Waals surface area contributed by atoms with E-state index in [1.165, 1.54) is 18.0 Å². The summed E-state index contributed by atoms with van der Waals surface area (Å²) >= 11 is 1.28. The molecule has 250 valence electrons. The Morgan fingerprint density at radius 3 is 2.53 bits per heavy atom. The molecule has 0 radical (unpaired) electrons. The van der Waals surface area contributed by atoms with Crippen LogP contribution in [-0.4, -0.2) is 53.6 Å². The minimum absolute atomic E-state index is 0.122. The van der Waals surface area contributed by atoms with Crippen LogP contribution in [0.15, 0.2) is 83.9 Å². The van der Waals surface area contributed by atoms with Crippen LogP contribution in [0.25, 0.3) is 22.4 Å². The summed E-state index contributed by atoms with van der Waals surface area (Å²) in [6, 6.07) is 23.6. The van der Waals surface area contributed by atoms with Gasteiger partial charge in [-0.05, 0) is 74.1 Å². The van der Waals surface area contributed by atoms with Gasteiger partial charge in [0.25, 0.3) is 5.92 Å². The van der Waals surface area contributed by atoms with Gasteiger partial charge >= 0.3 is 0 Å². The number of hydrogen-bond acceptors (Lipinski definition) is 8. The maximum atomic E-state index is 16.0. The molecule has 1 aliphatic heterocycles. The molecule has 0 fully saturated rings. The molecule has 4 aromatic rings. The Hall–Kier alpha value is -3.73. The molecule has 0 amide bonds. The van der Waals surface area contributed by atoms with E-state index in [1.807, 2.05) is 59.5 Å². The lowest BCUT2D eigenvalue weighted by Crippen LogP contribution is -2.40. The molecule has 0 unspecified atom stereocenters. The summed E-state index contributed by atoms with van der Waals surface area (Å²) in [6.45, 7) is 10.7. The van der Waals surface area contributed by atoms with Gasteiger partial charge in [-0.15, -0.1) is 0 Å².